The minimum Gasteiger partial charge on any atom is -0.456 e. The zero-order valence-electron chi connectivity index (χ0n) is 30.5. The number of para-hydroxylation sites is 1. The van der Waals surface area contributed by atoms with E-state index in [4.69, 9.17) is 19.4 Å². The molecular formula is C52H30N4O. The second kappa shape index (κ2) is 12.4. The number of benzene rings is 8. The molecular weight excluding hydrogens is 697 g/mol. The molecule has 0 atom stereocenters. The molecule has 3 aromatic heterocycles. The van der Waals surface area contributed by atoms with Crippen LogP contribution in [0.2, 0.25) is 0 Å². The maximum atomic E-state index is 6.28. The molecule has 0 saturated carbocycles. The summed E-state index contributed by atoms with van der Waals surface area (Å²) in [5, 5.41) is 6.92. The van der Waals surface area contributed by atoms with Crippen molar-refractivity contribution in [3.63, 3.8) is 0 Å². The van der Waals surface area contributed by atoms with Crippen molar-refractivity contribution in [2.24, 2.45) is 0 Å². The van der Waals surface area contributed by atoms with E-state index in [-0.39, 0.29) is 0 Å². The largest absolute Gasteiger partial charge is 0.456 e. The molecule has 0 fully saturated rings. The van der Waals surface area contributed by atoms with Crippen molar-refractivity contribution in [1.29, 1.82) is 0 Å². The summed E-state index contributed by atoms with van der Waals surface area (Å²) < 4.78 is 6.28. The lowest BCUT2D eigenvalue weighted by Gasteiger charge is -2.13. The predicted molar refractivity (Wildman–Crippen MR) is 232 cm³/mol. The molecule has 0 radical (unpaired) electrons. The summed E-state index contributed by atoms with van der Waals surface area (Å²) in [6.45, 7) is 0. The Bertz CT molecular complexity index is 3400. The molecule has 1 aliphatic rings. The zero-order valence-corrected chi connectivity index (χ0v) is 30.5. The molecule has 0 saturated heterocycles. The summed E-state index contributed by atoms with van der Waals surface area (Å²) in [5.74, 6) is 1.87. The summed E-state index contributed by atoms with van der Waals surface area (Å²) in [6.07, 6.45) is 3.86. The van der Waals surface area contributed by atoms with Crippen LogP contribution in [-0.4, -0.2) is 19.9 Å². The van der Waals surface area contributed by atoms with E-state index in [0.717, 1.165) is 71.7 Å². The summed E-state index contributed by atoms with van der Waals surface area (Å²) >= 11 is 0. The second-order valence-electron chi connectivity index (χ2n) is 14.6. The molecule has 57 heavy (non-hydrogen) atoms. The van der Waals surface area contributed by atoms with E-state index in [1.807, 2.05) is 60.9 Å². The van der Waals surface area contributed by atoms with Gasteiger partial charge in [-0.2, -0.15) is 0 Å². The highest BCUT2D eigenvalue weighted by Gasteiger charge is 2.23. The number of fused-ring (bicyclic) bond motifs is 7. The molecule has 0 N–H and O–H groups in total. The topological polar surface area (TPSA) is 64.7 Å². The Labute approximate surface area is 327 Å². The normalized spacial score (nSPS) is 11.9. The molecule has 5 heteroatoms. The van der Waals surface area contributed by atoms with Gasteiger partial charge in [-0.3, -0.25) is 4.98 Å². The molecule has 3 heterocycles. The Balaban J connectivity index is 0.990. The van der Waals surface area contributed by atoms with Crippen LogP contribution in [0.3, 0.4) is 0 Å². The van der Waals surface area contributed by atoms with Crippen LogP contribution in [0.1, 0.15) is 0 Å². The quantitative estimate of drug-likeness (QED) is 0.177. The first kappa shape index (κ1) is 31.6. The van der Waals surface area contributed by atoms with E-state index in [0.29, 0.717) is 17.5 Å². The lowest BCUT2D eigenvalue weighted by molar-refractivity contribution is 0.669. The number of rotatable bonds is 5. The van der Waals surface area contributed by atoms with Crippen molar-refractivity contribution in [2.45, 2.75) is 0 Å². The summed E-state index contributed by atoms with van der Waals surface area (Å²) in [5.41, 5.74) is 14.0. The van der Waals surface area contributed by atoms with E-state index < -0.39 is 0 Å². The van der Waals surface area contributed by atoms with Gasteiger partial charge in [-0.15, -0.1) is 0 Å². The molecule has 0 spiro atoms. The summed E-state index contributed by atoms with van der Waals surface area (Å²) in [7, 11) is 0. The first-order valence-corrected chi connectivity index (χ1v) is 19.1. The lowest BCUT2D eigenvalue weighted by Crippen LogP contribution is -2.00. The molecule has 0 amide bonds. The van der Waals surface area contributed by atoms with Crippen LogP contribution >= 0.6 is 0 Å². The van der Waals surface area contributed by atoms with Crippen molar-refractivity contribution in [3.05, 3.63) is 182 Å². The van der Waals surface area contributed by atoms with Gasteiger partial charge in [0.05, 0.1) is 0 Å². The summed E-state index contributed by atoms with van der Waals surface area (Å²) in [6, 6.07) is 59.4. The van der Waals surface area contributed by atoms with Gasteiger partial charge in [0.2, 0.25) is 0 Å². The van der Waals surface area contributed by atoms with Crippen molar-refractivity contribution in [1.82, 2.24) is 19.9 Å². The SMILES string of the molecule is c1ccc(-c2nc(-c3ccc(-c4cc5c6c(cccc6c4)-c4ccncc4-5)cc3)nc(-c3cccc4c(-c5cccc6oc7ccccc7c56)cccc34)n2)cc1. The van der Waals surface area contributed by atoms with Crippen molar-refractivity contribution >= 4 is 43.5 Å². The maximum Gasteiger partial charge on any atom is 0.164 e. The fourth-order valence-electron chi connectivity index (χ4n) is 8.77. The molecule has 11 aromatic rings. The summed E-state index contributed by atoms with van der Waals surface area (Å²) in [4.78, 5) is 19.8. The van der Waals surface area contributed by atoms with Crippen LogP contribution in [0.15, 0.2) is 187 Å². The fraction of sp³-hybridized carbons (Fsp3) is 0. The van der Waals surface area contributed by atoms with Gasteiger partial charge in [0.1, 0.15) is 11.2 Å². The van der Waals surface area contributed by atoms with Crippen LogP contribution in [0.5, 0.6) is 0 Å². The first-order valence-electron chi connectivity index (χ1n) is 19.1. The van der Waals surface area contributed by atoms with E-state index in [9.17, 15) is 0 Å². The molecule has 0 aliphatic heterocycles. The molecule has 5 nitrogen and oxygen atoms in total. The van der Waals surface area contributed by atoms with Crippen molar-refractivity contribution < 1.29 is 4.42 Å². The number of hydrogen-bond donors (Lipinski definition) is 0. The number of pyridine rings is 1. The van der Waals surface area contributed by atoms with Crippen LogP contribution in [0.4, 0.5) is 0 Å². The highest BCUT2D eigenvalue weighted by atomic mass is 16.3. The number of nitrogens with zero attached hydrogens (tertiary/aromatic N) is 4. The Kier molecular flexibility index (Phi) is 6.86. The molecule has 12 rings (SSSR count). The average molecular weight is 727 g/mol. The van der Waals surface area contributed by atoms with Crippen molar-refractivity contribution in [3.8, 4) is 78.7 Å². The Morgan fingerprint density at radius 2 is 0.947 bits per heavy atom. The van der Waals surface area contributed by atoms with E-state index in [1.54, 1.807) is 0 Å². The second-order valence-corrected chi connectivity index (χ2v) is 14.6. The highest BCUT2D eigenvalue weighted by Crippen LogP contribution is 2.48. The van der Waals surface area contributed by atoms with E-state index in [2.05, 4.69) is 126 Å². The smallest absolute Gasteiger partial charge is 0.164 e. The van der Waals surface area contributed by atoms with Gasteiger partial charge < -0.3 is 4.42 Å². The van der Waals surface area contributed by atoms with Gasteiger partial charge in [0.15, 0.2) is 17.5 Å². The van der Waals surface area contributed by atoms with Crippen molar-refractivity contribution in [2.75, 3.05) is 0 Å². The Morgan fingerprint density at radius 1 is 0.333 bits per heavy atom. The van der Waals surface area contributed by atoms with Gasteiger partial charge in [-0.1, -0.05) is 140 Å². The Hall–Kier alpha value is -7.76. The van der Waals surface area contributed by atoms with Crippen LogP contribution < -0.4 is 0 Å². The van der Waals surface area contributed by atoms with Gasteiger partial charge in [0.25, 0.3) is 0 Å². The predicted octanol–water partition coefficient (Wildman–Crippen LogP) is 13.5. The van der Waals surface area contributed by atoms with E-state index in [1.165, 1.54) is 33.0 Å². The number of aromatic nitrogens is 4. The third-order valence-corrected chi connectivity index (χ3v) is 11.4. The Morgan fingerprint density at radius 3 is 1.79 bits per heavy atom. The fourth-order valence-corrected chi connectivity index (χ4v) is 8.77. The minimum absolute atomic E-state index is 0.620. The first-order chi connectivity index (χ1) is 28.2. The van der Waals surface area contributed by atoms with Crippen LogP contribution in [0.25, 0.3) is 122 Å². The molecule has 1 aliphatic carbocycles. The van der Waals surface area contributed by atoms with Gasteiger partial charge in [-0.25, -0.2) is 15.0 Å². The minimum atomic E-state index is 0.620. The highest BCUT2D eigenvalue weighted by molar-refractivity contribution is 6.17. The monoisotopic (exact) mass is 726 g/mol. The lowest BCUT2D eigenvalue weighted by atomic mass is 9.93. The van der Waals surface area contributed by atoms with Gasteiger partial charge in [-0.05, 0) is 90.8 Å². The van der Waals surface area contributed by atoms with Crippen LogP contribution in [-0.2, 0) is 0 Å². The molecule has 8 aromatic carbocycles. The third-order valence-electron chi connectivity index (χ3n) is 11.4. The third kappa shape index (κ3) is 4.96. The molecule has 0 unspecified atom stereocenters. The van der Waals surface area contributed by atoms with Crippen LogP contribution in [0, 0.1) is 0 Å². The van der Waals surface area contributed by atoms with Gasteiger partial charge >= 0.3 is 0 Å². The molecule has 0 bridgehead atoms. The van der Waals surface area contributed by atoms with Gasteiger partial charge in [0, 0.05) is 45.4 Å². The average Bonchev–Trinajstić information content (AvgIpc) is 3.83. The van der Waals surface area contributed by atoms with E-state index >= 15 is 0 Å². The number of furan rings is 1. The number of hydrogen-bond acceptors (Lipinski definition) is 5. The maximum absolute atomic E-state index is 6.28. The zero-order chi connectivity index (χ0) is 37.5. The standard InChI is InChI=1S/C52H30N4O/c1-2-10-32(11-3-1)50-54-51(33-24-22-31(23-25-33)35-28-34-12-6-17-40-39-26-27-53-30-45(39)44(29-35)48(34)40)56-52(55-50)42-19-8-14-36-37(15-7-16-38(36)42)41-18-9-21-47-49(41)43-13-4-5-20-46(43)57-47/h1-30H. The molecule has 264 valence electrons.